The van der Waals surface area contributed by atoms with Crippen LogP contribution in [0.5, 0.6) is 5.75 Å². The van der Waals surface area contributed by atoms with Gasteiger partial charge in [-0.2, -0.15) is 0 Å². The van der Waals surface area contributed by atoms with E-state index in [0.29, 0.717) is 19.3 Å². The summed E-state index contributed by atoms with van der Waals surface area (Å²) < 4.78 is 17.0. The fourth-order valence-electron chi connectivity index (χ4n) is 2.65. The minimum Gasteiger partial charge on any atom is -0.488 e. The Hall–Kier alpha value is -1.10. The lowest BCUT2D eigenvalue weighted by Crippen LogP contribution is -2.60. The second-order valence-corrected chi connectivity index (χ2v) is 5.44. The van der Waals surface area contributed by atoms with Crippen LogP contribution in [0.1, 0.15) is 17.5 Å². The molecule has 3 unspecified atom stereocenters. The maximum absolute atomic E-state index is 6.08. The summed E-state index contributed by atoms with van der Waals surface area (Å²) in [5.41, 5.74) is 2.45. The van der Waals surface area contributed by atoms with Crippen LogP contribution in [0.4, 0.5) is 0 Å². The van der Waals surface area contributed by atoms with Gasteiger partial charge in [-0.25, -0.2) is 0 Å². The summed E-state index contributed by atoms with van der Waals surface area (Å²) in [6, 6.07) is 6.66. The maximum atomic E-state index is 6.08. The molecular weight excluding hydrogens is 254 g/mol. The van der Waals surface area contributed by atoms with Crippen LogP contribution in [0, 0.1) is 13.8 Å². The van der Waals surface area contributed by atoms with E-state index in [1.54, 1.807) is 7.11 Å². The van der Waals surface area contributed by atoms with Gasteiger partial charge in [0.05, 0.1) is 13.2 Å². The molecule has 0 saturated heterocycles. The number of nitrogens with one attached hydrogen (secondary N) is 1. The van der Waals surface area contributed by atoms with E-state index in [0.717, 1.165) is 12.2 Å². The van der Waals surface area contributed by atoms with Crippen molar-refractivity contribution in [1.29, 1.82) is 0 Å². The predicted octanol–water partition coefficient (Wildman–Crippen LogP) is 2.07. The first kappa shape index (κ1) is 15.3. The van der Waals surface area contributed by atoms with Gasteiger partial charge in [0.1, 0.15) is 18.0 Å². The van der Waals surface area contributed by atoms with Crippen molar-refractivity contribution in [3.63, 3.8) is 0 Å². The van der Waals surface area contributed by atoms with E-state index < -0.39 is 0 Å². The van der Waals surface area contributed by atoms with Gasteiger partial charge in [0.15, 0.2) is 0 Å². The van der Waals surface area contributed by atoms with E-state index in [-0.39, 0.29) is 12.2 Å². The minimum atomic E-state index is 0.0935. The fraction of sp³-hybridized carbons (Fsp3) is 0.625. The number of methoxy groups -OCH3 is 1. The third-order valence-electron chi connectivity index (χ3n) is 3.70. The Kier molecular flexibility index (Phi) is 5.40. The highest BCUT2D eigenvalue weighted by Crippen LogP contribution is 2.29. The van der Waals surface area contributed by atoms with Gasteiger partial charge in [-0.3, -0.25) is 0 Å². The molecule has 0 spiro atoms. The summed E-state index contributed by atoms with van der Waals surface area (Å²) in [7, 11) is 3.65. The van der Waals surface area contributed by atoms with Crippen molar-refractivity contribution in [2.45, 2.75) is 38.5 Å². The van der Waals surface area contributed by atoms with Crippen LogP contribution in [-0.4, -0.2) is 45.6 Å². The van der Waals surface area contributed by atoms with Gasteiger partial charge in [-0.15, -0.1) is 0 Å². The van der Waals surface area contributed by atoms with Crippen molar-refractivity contribution < 1.29 is 14.2 Å². The Labute approximate surface area is 121 Å². The van der Waals surface area contributed by atoms with Gasteiger partial charge in [0.2, 0.25) is 0 Å². The quantitative estimate of drug-likeness (QED) is 0.776. The van der Waals surface area contributed by atoms with Crippen molar-refractivity contribution >= 4 is 0 Å². The molecule has 3 atom stereocenters. The Bertz CT molecular complexity index is 415. The van der Waals surface area contributed by atoms with Gasteiger partial charge < -0.3 is 19.5 Å². The highest BCUT2D eigenvalue weighted by Gasteiger charge is 2.43. The van der Waals surface area contributed by atoms with Crippen molar-refractivity contribution in [3.8, 4) is 5.75 Å². The minimum absolute atomic E-state index is 0.0935. The van der Waals surface area contributed by atoms with Crippen LogP contribution in [-0.2, 0) is 9.47 Å². The molecule has 0 heterocycles. The van der Waals surface area contributed by atoms with E-state index >= 15 is 0 Å². The number of benzene rings is 1. The average Bonchev–Trinajstić information content (AvgIpc) is 2.38. The van der Waals surface area contributed by atoms with Crippen LogP contribution in [0.3, 0.4) is 0 Å². The Morgan fingerprint density at radius 3 is 2.45 bits per heavy atom. The lowest BCUT2D eigenvalue weighted by atomic mass is 9.85. The lowest BCUT2D eigenvalue weighted by molar-refractivity contribution is -0.114. The molecule has 1 aliphatic rings. The summed E-state index contributed by atoms with van der Waals surface area (Å²) in [4.78, 5) is 0. The second-order valence-electron chi connectivity index (χ2n) is 5.44. The zero-order chi connectivity index (χ0) is 14.5. The molecule has 0 bridgehead atoms. The topological polar surface area (TPSA) is 39.7 Å². The summed E-state index contributed by atoms with van der Waals surface area (Å²) >= 11 is 0. The molecule has 1 aromatic rings. The summed E-state index contributed by atoms with van der Waals surface area (Å²) in [5.74, 6) is 0.933. The molecule has 1 fully saturated rings. The molecule has 20 heavy (non-hydrogen) atoms. The van der Waals surface area contributed by atoms with Gasteiger partial charge in [0.25, 0.3) is 0 Å². The highest BCUT2D eigenvalue weighted by atomic mass is 16.6. The van der Waals surface area contributed by atoms with Crippen LogP contribution in [0.15, 0.2) is 18.2 Å². The fourth-order valence-corrected chi connectivity index (χ4v) is 2.65. The molecule has 0 radical (unpaired) electrons. The number of aryl methyl sites for hydroxylation is 2. The zero-order valence-corrected chi connectivity index (χ0v) is 12.8. The van der Waals surface area contributed by atoms with Gasteiger partial charge >= 0.3 is 0 Å². The van der Waals surface area contributed by atoms with E-state index in [9.17, 15) is 0 Å². The lowest BCUT2D eigenvalue weighted by Gasteiger charge is -2.43. The Balaban J connectivity index is 1.94. The van der Waals surface area contributed by atoms with Crippen molar-refractivity contribution in [2.75, 3.05) is 27.4 Å². The summed E-state index contributed by atoms with van der Waals surface area (Å²) in [5, 5.41) is 3.27. The molecular formula is C16H25NO3. The normalized spacial score (nSPS) is 25.3. The molecule has 1 aliphatic carbocycles. The first-order valence-electron chi connectivity index (χ1n) is 7.17. The van der Waals surface area contributed by atoms with Crippen LogP contribution in [0.2, 0.25) is 0 Å². The smallest absolute Gasteiger partial charge is 0.128 e. The standard InChI is InChI=1S/C16H25NO3/c1-11-7-12(2)9-13(8-11)20-15-10-14(17-3)16(15)19-6-5-18-4/h7-9,14-17H,5-6,10H2,1-4H3. The van der Waals surface area contributed by atoms with Gasteiger partial charge in [-0.1, -0.05) is 6.07 Å². The van der Waals surface area contributed by atoms with Crippen LogP contribution < -0.4 is 10.1 Å². The zero-order valence-electron chi connectivity index (χ0n) is 12.8. The number of ether oxygens (including phenoxy) is 3. The molecule has 1 saturated carbocycles. The summed E-state index contributed by atoms with van der Waals surface area (Å²) in [6.45, 7) is 5.39. The highest BCUT2D eigenvalue weighted by molar-refractivity contribution is 5.33. The second kappa shape index (κ2) is 7.07. The molecule has 0 amide bonds. The first-order valence-corrected chi connectivity index (χ1v) is 7.17. The molecule has 4 nitrogen and oxygen atoms in total. The van der Waals surface area contributed by atoms with Gasteiger partial charge in [-0.05, 0) is 44.2 Å². The van der Waals surface area contributed by atoms with Crippen LogP contribution >= 0.6 is 0 Å². The Morgan fingerprint density at radius 2 is 1.85 bits per heavy atom. The van der Waals surface area contributed by atoms with Crippen LogP contribution in [0.25, 0.3) is 0 Å². The average molecular weight is 279 g/mol. The Morgan fingerprint density at radius 1 is 1.15 bits per heavy atom. The van der Waals surface area contributed by atoms with E-state index in [4.69, 9.17) is 14.2 Å². The van der Waals surface area contributed by atoms with E-state index in [1.165, 1.54) is 11.1 Å². The third kappa shape index (κ3) is 3.72. The summed E-state index contributed by atoms with van der Waals surface area (Å²) in [6.07, 6.45) is 1.18. The molecule has 1 aromatic carbocycles. The van der Waals surface area contributed by atoms with E-state index in [1.807, 2.05) is 7.05 Å². The van der Waals surface area contributed by atoms with Crippen molar-refractivity contribution in [2.24, 2.45) is 0 Å². The van der Waals surface area contributed by atoms with E-state index in [2.05, 4.69) is 37.4 Å². The molecule has 2 rings (SSSR count). The SMILES string of the molecule is CNC1CC(Oc2cc(C)cc(C)c2)C1OCCOC. The molecule has 1 N–H and O–H groups in total. The van der Waals surface area contributed by atoms with Gasteiger partial charge in [0, 0.05) is 19.6 Å². The van der Waals surface area contributed by atoms with Crippen molar-refractivity contribution in [3.05, 3.63) is 29.3 Å². The molecule has 112 valence electrons. The maximum Gasteiger partial charge on any atom is 0.128 e. The molecule has 0 aliphatic heterocycles. The molecule has 0 aromatic heterocycles. The predicted molar refractivity (Wildman–Crippen MR) is 79.4 cm³/mol. The number of hydrogen-bond acceptors (Lipinski definition) is 4. The third-order valence-corrected chi connectivity index (χ3v) is 3.70. The number of hydrogen-bond donors (Lipinski definition) is 1. The number of likely N-dealkylation sites (N-methyl/N-ethyl adjacent to an activating group) is 1. The number of rotatable bonds is 7. The largest absolute Gasteiger partial charge is 0.488 e. The van der Waals surface area contributed by atoms with Crippen molar-refractivity contribution in [1.82, 2.24) is 5.32 Å². The monoisotopic (exact) mass is 279 g/mol. The molecule has 4 heteroatoms. The first-order chi connectivity index (χ1) is 9.63.